The van der Waals surface area contributed by atoms with Crippen LogP contribution in [0.25, 0.3) is 0 Å². The van der Waals surface area contributed by atoms with E-state index in [1.54, 1.807) is 0 Å². The monoisotopic (exact) mass is 390 g/mol. The summed E-state index contributed by atoms with van der Waals surface area (Å²) in [6, 6.07) is 5.17. The molecular formula is C11H5BrCl2N4O3. The van der Waals surface area contributed by atoms with Crippen molar-refractivity contribution in [2.75, 3.05) is 5.32 Å². The second-order valence-corrected chi connectivity index (χ2v) is 5.40. The van der Waals surface area contributed by atoms with Crippen LogP contribution in [0.2, 0.25) is 10.4 Å². The van der Waals surface area contributed by atoms with Crippen molar-refractivity contribution in [2.24, 2.45) is 0 Å². The van der Waals surface area contributed by atoms with Crippen LogP contribution in [0.15, 0.2) is 28.7 Å². The maximum Gasteiger partial charge on any atom is 0.271 e. The fraction of sp³-hybridized carbons (Fsp3) is 0. The third kappa shape index (κ3) is 4.10. The number of halogens is 3. The standard InChI is InChI=1S/C11H5BrCl2N4O3/c12-6-1-5(2-7(3-6)18(20)21)10(19)16-9-4-8(13)15-11(14)17-9/h1-4H,(H,15,16,17,19). The number of nitro groups is 1. The van der Waals surface area contributed by atoms with Gasteiger partial charge in [0.05, 0.1) is 4.92 Å². The largest absolute Gasteiger partial charge is 0.306 e. The van der Waals surface area contributed by atoms with E-state index >= 15 is 0 Å². The summed E-state index contributed by atoms with van der Waals surface area (Å²) in [5.74, 6) is -0.502. The van der Waals surface area contributed by atoms with Crippen molar-refractivity contribution in [1.29, 1.82) is 0 Å². The quantitative estimate of drug-likeness (QED) is 0.372. The zero-order valence-corrected chi connectivity index (χ0v) is 13.1. The average molecular weight is 392 g/mol. The Morgan fingerprint density at radius 2 is 1.95 bits per heavy atom. The van der Waals surface area contributed by atoms with Gasteiger partial charge in [0.25, 0.3) is 11.6 Å². The molecule has 1 N–H and O–H groups in total. The van der Waals surface area contributed by atoms with E-state index in [4.69, 9.17) is 23.2 Å². The Hall–Kier alpha value is -1.77. The lowest BCUT2D eigenvalue weighted by Gasteiger charge is -2.05. The average Bonchev–Trinajstić information content (AvgIpc) is 2.36. The molecule has 21 heavy (non-hydrogen) atoms. The molecule has 2 aromatic rings. The molecule has 0 saturated carbocycles. The number of nitro benzene ring substituents is 1. The number of nitrogens with zero attached hydrogens (tertiary/aromatic N) is 3. The fourth-order valence-electron chi connectivity index (χ4n) is 1.45. The highest BCUT2D eigenvalue weighted by Gasteiger charge is 2.15. The highest BCUT2D eigenvalue weighted by atomic mass is 79.9. The van der Waals surface area contributed by atoms with Crippen LogP contribution in [-0.2, 0) is 0 Å². The van der Waals surface area contributed by atoms with Gasteiger partial charge in [-0.25, -0.2) is 9.97 Å². The normalized spacial score (nSPS) is 10.2. The second kappa shape index (κ2) is 6.33. The molecule has 2 rings (SSSR count). The molecule has 0 aliphatic rings. The van der Waals surface area contributed by atoms with Crippen LogP contribution in [0.5, 0.6) is 0 Å². The number of non-ortho nitro benzene ring substituents is 1. The van der Waals surface area contributed by atoms with Gasteiger partial charge < -0.3 is 5.32 Å². The van der Waals surface area contributed by atoms with Crippen LogP contribution < -0.4 is 5.32 Å². The number of nitrogens with one attached hydrogen (secondary N) is 1. The molecular weight excluding hydrogens is 387 g/mol. The van der Waals surface area contributed by atoms with Crippen molar-refractivity contribution < 1.29 is 9.72 Å². The van der Waals surface area contributed by atoms with E-state index in [0.29, 0.717) is 4.47 Å². The molecule has 0 spiro atoms. The summed E-state index contributed by atoms with van der Waals surface area (Å²) < 4.78 is 0.403. The first kappa shape index (κ1) is 15.6. The van der Waals surface area contributed by atoms with E-state index in [9.17, 15) is 14.9 Å². The van der Waals surface area contributed by atoms with Crippen LogP contribution in [-0.4, -0.2) is 20.8 Å². The number of anilines is 1. The van der Waals surface area contributed by atoms with Crippen LogP contribution in [0.4, 0.5) is 11.5 Å². The Morgan fingerprint density at radius 1 is 1.24 bits per heavy atom. The third-order valence-corrected chi connectivity index (χ3v) is 3.09. The number of benzene rings is 1. The predicted octanol–water partition coefficient (Wildman–Crippen LogP) is 3.71. The smallest absolute Gasteiger partial charge is 0.271 e. The van der Waals surface area contributed by atoms with Crippen molar-refractivity contribution in [2.45, 2.75) is 0 Å². The molecule has 0 aliphatic heterocycles. The van der Waals surface area contributed by atoms with Gasteiger partial charge in [-0.2, -0.15) is 0 Å². The summed E-state index contributed by atoms with van der Waals surface area (Å²) in [5.41, 5.74) is -0.129. The van der Waals surface area contributed by atoms with Crippen LogP contribution in [0.1, 0.15) is 10.4 Å². The minimum atomic E-state index is -0.597. The van der Waals surface area contributed by atoms with E-state index in [-0.39, 0.29) is 27.5 Å². The number of amides is 1. The highest BCUT2D eigenvalue weighted by molar-refractivity contribution is 9.10. The molecule has 0 atom stereocenters. The topological polar surface area (TPSA) is 98.0 Å². The van der Waals surface area contributed by atoms with Crippen LogP contribution >= 0.6 is 39.1 Å². The lowest BCUT2D eigenvalue weighted by molar-refractivity contribution is -0.384. The predicted molar refractivity (Wildman–Crippen MR) is 80.8 cm³/mol. The van der Waals surface area contributed by atoms with E-state index in [1.165, 1.54) is 18.2 Å². The van der Waals surface area contributed by atoms with E-state index in [0.717, 1.165) is 6.07 Å². The lowest BCUT2D eigenvalue weighted by atomic mass is 10.2. The van der Waals surface area contributed by atoms with Crippen molar-refractivity contribution in [3.63, 3.8) is 0 Å². The number of rotatable bonds is 3. The molecule has 1 aromatic carbocycles. The van der Waals surface area contributed by atoms with Crippen molar-refractivity contribution in [3.05, 3.63) is 54.9 Å². The van der Waals surface area contributed by atoms with Gasteiger partial charge in [0.1, 0.15) is 11.0 Å². The Labute approximate surface area is 136 Å². The van der Waals surface area contributed by atoms with Crippen molar-refractivity contribution in [3.8, 4) is 0 Å². The Morgan fingerprint density at radius 3 is 2.57 bits per heavy atom. The lowest BCUT2D eigenvalue weighted by Crippen LogP contribution is -2.13. The Balaban J connectivity index is 2.30. The fourth-order valence-corrected chi connectivity index (χ4v) is 2.34. The van der Waals surface area contributed by atoms with E-state index in [1.807, 2.05) is 0 Å². The minimum absolute atomic E-state index is 0.0607. The number of carbonyl (C=O) groups is 1. The van der Waals surface area contributed by atoms with Crippen LogP contribution in [0, 0.1) is 10.1 Å². The summed E-state index contributed by atoms with van der Waals surface area (Å²) in [4.78, 5) is 29.6. The molecule has 0 aliphatic carbocycles. The number of carbonyl (C=O) groups excluding carboxylic acids is 1. The Kier molecular flexibility index (Phi) is 4.71. The Bertz CT molecular complexity index is 721. The highest BCUT2D eigenvalue weighted by Crippen LogP contribution is 2.22. The first-order chi connectivity index (χ1) is 9.85. The van der Waals surface area contributed by atoms with E-state index in [2.05, 4.69) is 31.2 Å². The summed E-state index contributed by atoms with van der Waals surface area (Å²) >= 11 is 14.4. The molecule has 7 nitrogen and oxygen atoms in total. The summed E-state index contributed by atoms with van der Waals surface area (Å²) in [6.45, 7) is 0. The molecule has 0 fully saturated rings. The molecule has 0 saturated heterocycles. The molecule has 0 radical (unpaired) electrons. The minimum Gasteiger partial charge on any atom is -0.306 e. The summed E-state index contributed by atoms with van der Waals surface area (Å²) in [5, 5.41) is 13.1. The zero-order valence-electron chi connectivity index (χ0n) is 10.0. The molecule has 1 aromatic heterocycles. The van der Waals surface area contributed by atoms with Gasteiger partial charge in [-0.1, -0.05) is 27.5 Å². The van der Waals surface area contributed by atoms with Gasteiger partial charge in [-0.05, 0) is 17.7 Å². The van der Waals surface area contributed by atoms with Crippen LogP contribution in [0.3, 0.4) is 0 Å². The first-order valence-electron chi connectivity index (χ1n) is 5.31. The van der Waals surface area contributed by atoms with Gasteiger partial charge in [-0.15, -0.1) is 0 Å². The van der Waals surface area contributed by atoms with Gasteiger partial charge >= 0.3 is 0 Å². The van der Waals surface area contributed by atoms with Gasteiger partial charge in [0.2, 0.25) is 5.28 Å². The van der Waals surface area contributed by atoms with Crippen molar-refractivity contribution >= 4 is 56.5 Å². The third-order valence-electron chi connectivity index (χ3n) is 2.26. The van der Waals surface area contributed by atoms with Gasteiger partial charge in [0.15, 0.2) is 0 Å². The van der Waals surface area contributed by atoms with Crippen molar-refractivity contribution in [1.82, 2.24) is 9.97 Å². The first-order valence-corrected chi connectivity index (χ1v) is 6.86. The maximum atomic E-state index is 12.1. The number of hydrogen-bond acceptors (Lipinski definition) is 5. The SMILES string of the molecule is O=C(Nc1cc(Cl)nc(Cl)n1)c1cc(Br)cc([N+](=O)[O-])c1. The molecule has 108 valence electrons. The van der Waals surface area contributed by atoms with Gasteiger partial charge in [0, 0.05) is 28.2 Å². The number of hydrogen-bond donors (Lipinski definition) is 1. The second-order valence-electron chi connectivity index (χ2n) is 3.75. The molecule has 1 heterocycles. The zero-order chi connectivity index (χ0) is 15.6. The summed E-state index contributed by atoms with van der Waals surface area (Å²) in [6.07, 6.45) is 0. The summed E-state index contributed by atoms with van der Waals surface area (Å²) in [7, 11) is 0. The molecule has 1 amide bonds. The van der Waals surface area contributed by atoms with E-state index < -0.39 is 10.8 Å². The molecule has 0 unspecified atom stereocenters. The number of aromatic nitrogens is 2. The molecule has 0 bridgehead atoms. The molecule has 10 heteroatoms. The van der Waals surface area contributed by atoms with Gasteiger partial charge in [-0.3, -0.25) is 14.9 Å². The maximum absolute atomic E-state index is 12.1.